The first kappa shape index (κ1) is 22.2. The topological polar surface area (TPSA) is 89.1 Å². The largest absolute Gasteiger partial charge is 0.467 e. The molecule has 0 spiro atoms. The van der Waals surface area contributed by atoms with Crippen LogP contribution in [0.15, 0.2) is 76.8 Å². The Morgan fingerprint density at radius 1 is 1.03 bits per heavy atom. The highest BCUT2D eigenvalue weighted by Gasteiger charge is 2.17. The Bertz CT molecular complexity index is 1200. The van der Waals surface area contributed by atoms with Gasteiger partial charge in [0, 0.05) is 42.4 Å². The van der Waals surface area contributed by atoms with Gasteiger partial charge in [0.15, 0.2) is 11.0 Å². The molecular weight excluding hydrogens is 448 g/mol. The second-order valence-electron chi connectivity index (χ2n) is 8.14. The SMILES string of the molecule is O=C(CSc1nnc(-c2cccnc2)n1Cc1ccco1)Nc1ccc(N2CCCCC2)cc1. The molecule has 0 radical (unpaired) electrons. The highest BCUT2D eigenvalue weighted by Crippen LogP contribution is 2.26. The summed E-state index contributed by atoms with van der Waals surface area (Å²) >= 11 is 1.34. The van der Waals surface area contributed by atoms with Gasteiger partial charge in [0.1, 0.15) is 5.76 Å². The number of nitrogens with one attached hydrogen (secondary N) is 1. The molecule has 1 aliphatic rings. The molecule has 3 aromatic heterocycles. The summed E-state index contributed by atoms with van der Waals surface area (Å²) in [7, 11) is 0. The Morgan fingerprint density at radius 2 is 1.88 bits per heavy atom. The van der Waals surface area contributed by atoms with E-state index in [4.69, 9.17) is 4.42 Å². The van der Waals surface area contributed by atoms with Crippen molar-refractivity contribution in [3.63, 3.8) is 0 Å². The van der Waals surface area contributed by atoms with Gasteiger partial charge >= 0.3 is 0 Å². The predicted octanol–water partition coefficient (Wildman–Crippen LogP) is 4.70. The van der Waals surface area contributed by atoms with Crippen molar-refractivity contribution in [2.24, 2.45) is 0 Å². The molecule has 9 heteroatoms. The van der Waals surface area contributed by atoms with Crippen LogP contribution >= 0.6 is 11.8 Å². The van der Waals surface area contributed by atoms with E-state index < -0.39 is 0 Å². The Labute approximate surface area is 202 Å². The van der Waals surface area contributed by atoms with Crippen molar-refractivity contribution in [3.8, 4) is 11.4 Å². The van der Waals surface area contributed by atoms with E-state index in [1.807, 2.05) is 41.0 Å². The van der Waals surface area contributed by atoms with Crippen LogP contribution in [0.1, 0.15) is 25.0 Å². The number of hydrogen-bond donors (Lipinski definition) is 1. The first-order valence-corrected chi connectivity index (χ1v) is 12.4. The Hall–Kier alpha value is -3.59. The van der Waals surface area contributed by atoms with Crippen LogP contribution < -0.4 is 10.2 Å². The van der Waals surface area contributed by atoms with Crippen LogP contribution in [-0.2, 0) is 11.3 Å². The van der Waals surface area contributed by atoms with Crippen molar-refractivity contribution in [1.82, 2.24) is 19.7 Å². The van der Waals surface area contributed by atoms with Crippen molar-refractivity contribution in [1.29, 1.82) is 0 Å². The molecule has 174 valence electrons. The average molecular weight is 475 g/mol. The number of pyridine rings is 1. The van der Waals surface area contributed by atoms with E-state index in [1.54, 1.807) is 18.7 Å². The van der Waals surface area contributed by atoms with Crippen molar-refractivity contribution in [2.75, 3.05) is 29.1 Å². The molecule has 34 heavy (non-hydrogen) atoms. The summed E-state index contributed by atoms with van der Waals surface area (Å²) in [6.07, 6.45) is 8.89. The van der Waals surface area contributed by atoms with E-state index in [9.17, 15) is 4.79 Å². The van der Waals surface area contributed by atoms with Crippen LogP contribution in [0.2, 0.25) is 0 Å². The molecular formula is C25H26N6O2S. The molecule has 1 N–H and O–H groups in total. The quantitative estimate of drug-likeness (QED) is 0.370. The van der Waals surface area contributed by atoms with Crippen LogP contribution in [0.3, 0.4) is 0 Å². The van der Waals surface area contributed by atoms with E-state index in [0.717, 1.165) is 30.1 Å². The summed E-state index contributed by atoms with van der Waals surface area (Å²) in [6, 6.07) is 15.6. The molecule has 4 heterocycles. The minimum Gasteiger partial charge on any atom is -0.467 e. The third-order valence-corrected chi connectivity index (χ3v) is 6.70. The molecule has 1 aromatic carbocycles. The number of furan rings is 1. The average Bonchev–Trinajstić information content (AvgIpc) is 3.55. The summed E-state index contributed by atoms with van der Waals surface area (Å²) in [5, 5.41) is 12.3. The smallest absolute Gasteiger partial charge is 0.234 e. The summed E-state index contributed by atoms with van der Waals surface area (Å²) in [6.45, 7) is 2.66. The lowest BCUT2D eigenvalue weighted by Gasteiger charge is -2.28. The number of piperidine rings is 1. The molecule has 1 amide bonds. The van der Waals surface area contributed by atoms with Crippen LogP contribution in [0.25, 0.3) is 11.4 Å². The number of thioether (sulfide) groups is 1. The van der Waals surface area contributed by atoms with Gasteiger partial charge in [0.25, 0.3) is 0 Å². The van der Waals surface area contributed by atoms with Crippen molar-refractivity contribution in [3.05, 3.63) is 72.9 Å². The van der Waals surface area contributed by atoms with Gasteiger partial charge in [-0.1, -0.05) is 11.8 Å². The maximum atomic E-state index is 12.6. The molecule has 5 rings (SSSR count). The fourth-order valence-electron chi connectivity index (χ4n) is 4.04. The lowest BCUT2D eigenvalue weighted by molar-refractivity contribution is -0.113. The molecule has 1 saturated heterocycles. The normalized spacial score (nSPS) is 13.7. The fourth-order valence-corrected chi connectivity index (χ4v) is 4.78. The van der Waals surface area contributed by atoms with Crippen LogP contribution in [-0.4, -0.2) is 44.5 Å². The molecule has 8 nitrogen and oxygen atoms in total. The number of carbonyl (C=O) groups excluding carboxylic acids is 1. The summed E-state index contributed by atoms with van der Waals surface area (Å²) in [5.74, 6) is 1.59. The minimum absolute atomic E-state index is 0.0915. The second-order valence-corrected chi connectivity index (χ2v) is 9.09. The minimum atomic E-state index is -0.0915. The number of aromatic nitrogens is 4. The third kappa shape index (κ3) is 5.31. The van der Waals surface area contributed by atoms with E-state index in [2.05, 4.69) is 37.5 Å². The van der Waals surface area contributed by atoms with E-state index in [1.165, 1.54) is 36.7 Å². The van der Waals surface area contributed by atoms with Crippen molar-refractivity contribution in [2.45, 2.75) is 31.0 Å². The van der Waals surface area contributed by atoms with Gasteiger partial charge in [-0.05, 0) is 67.8 Å². The first-order valence-electron chi connectivity index (χ1n) is 11.4. The molecule has 1 aliphatic heterocycles. The van der Waals surface area contributed by atoms with Gasteiger partial charge in [-0.15, -0.1) is 10.2 Å². The molecule has 0 atom stereocenters. The monoisotopic (exact) mass is 474 g/mol. The van der Waals surface area contributed by atoms with E-state index in [-0.39, 0.29) is 11.7 Å². The highest BCUT2D eigenvalue weighted by molar-refractivity contribution is 7.99. The summed E-state index contributed by atoms with van der Waals surface area (Å²) in [4.78, 5) is 19.2. The lowest BCUT2D eigenvalue weighted by atomic mass is 10.1. The van der Waals surface area contributed by atoms with Gasteiger partial charge in [-0.25, -0.2) is 0 Å². The zero-order chi connectivity index (χ0) is 23.2. The number of anilines is 2. The molecule has 4 aromatic rings. The molecule has 0 bridgehead atoms. The second kappa shape index (κ2) is 10.6. The summed E-state index contributed by atoms with van der Waals surface area (Å²) in [5.41, 5.74) is 2.85. The van der Waals surface area contributed by atoms with Gasteiger partial charge in [0.05, 0.1) is 18.6 Å². The zero-order valence-electron chi connectivity index (χ0n) is 18.8. The van der Waals surface area contributed by atoms with Crippen LogP contribution in [0.5, 0.6) is 0 Å². The number of benzene rings is 1. The number of nitrogens with zero attached hydrogens (tertiary/aromatic N) is 5. The number of amides is 1. The summed E-state index contributed by atoms with van der Waals surface area (Å²) < 4.78 is 7.47. The Kier molecular flexibility index (Phi) is 6.90. The van der Waals surface area contributed by atoms with E-state index in [0.29, 0.717) is 17.5 Å². The standard InChI is InChI=1S/C25H26N6O2S/c32-23(27-20-8-10-21(11-9-20)30-13-2-1-3-14-30)18-34-25-29-28-24(19-6-4-12-26-16-19)31(25)17-22-7-5-15-33-22/h4-12,15-16H,1-3,13-14,17-18H2,(H,27,32). The van der Waals surface area contributed by atoms with Crippen LogP contribution in [0.4, 0.5) is 11.4 Å². The van der Waals surface area contributed by atoms with Crippen molar-refractivity contribution >= 4 is 29.0 Å². The zero-order valence-corrected chi connectivity index (χ0v) is 19.6. The molecule has 0 saturated carbocycles. The van der Waals surface area contributed by atoms with Gasteiger partial charge in [0.2, 0.25) is 5.91 Å². The van der Waals surface area contributed by atoms with Gasteiger partial charge in [-0.3, -0.25) is 14.3 Å². The Balaban J connectivity index is 1.24. The maximum Gasteiger partial charge on any atom is 0.234 e. The molecule has 1 fully saturated rings. The molecule has 0 aliphatic carbocycles. The van der Waals surface area contributed by atoms with Gasteiger partial charge < -0.3 is 14.6 Å². The number of carbonyl (C=O) groups is 1. The fraction of sp³-hybridized carbons (Fsp3) is 0.280. The van der Waals surface area contributed by atoms with Crippen molar-refractivity contribution < 1.29 is 9.21 Å². The first-order chi connectivity index (χ1) is 16.8. The van der Waals surface area contributed by atoms with Gasteiger partial charge in [-0.2, -0.15) is 0 Å². The Morgan fingerprint density at radius 3 is 2.62 bits per heavy atom. The number of hydrogen-bond acceptors (Lipinski definition) is 7. The third-order valence-electron chi connectivity index (χ3n) is 5.74. The van der Waals surface area contributed by atoms with E-state index >= 15 is 0 Å². The maximum absolute atomic E-state index is 12.6. The molecule has 0 unspecified atom stereocenters. The predicted molar refractivity (Wildman–Crippen MR) is 133 cm³/mol. The van der Waals surface area contributed by atoms with Crippen LogP contribution in [0, 0.1) is 0 Å². The number of rotatable bonds is 8. The lowest BCUT2D eigenvalue weighted by Crippen LogP contribution is -2.29. The highest BCUT2D eigenvalue weighted by atomic mass is 32.2.